The van der Waals surface area contributed by atoms with Crippen LogP contribution in [0.2, 0.25) is 5.02 Å². The zero-order valence-electron chi connectivity index (χ0n) is 13.3. The van der Waals surface area contributed by atoms with Crippen molar-refractivity contribution in [2.45, 2.75) is 4.90 Å². The van der Waals surface area contributed by atoms with Gasteiger partial charge in [-0.1, -0.05) is 48.0 Å². The van der Waals surface area contributed by atoms with Crippen molar-refractivity contribution in [2.24, 2.45) is 0 Å². The van der Waals surface area contributed by atoms with Crippen molar-refractivity contribution in [3.8, 4) is 0 Å². The van der Waals surface area contributed by atoms with Crippen molar-refractivity contribution in [1.29, 1.82) is 0 Å². The van der Waals surface area contributed by atoms with Crippen molar-refractivity contribution >= 4 is 33.1 Å². The Hall–Kier alpha value is -2.70. The van der Waals surface area contributed by atoms with E-state index in [9.17, 15) is 17.6 Å². The molecule has 3 rings (SSSR count). The van der Waals surface area contributed by atoms with Gasteiger partial charge >= 0.3 is 0 Å². The molecule has 0 aliphatic carbocycles. The van der Waals surface area contributed by atoms with Crippen LogP contribution in [0.1, 0.15) is 15.9 Å². The molecule has 26 heavy (non-hydrogen) atoms. The summed E-state index contributed by atoms with van der Waals surface area (Å²) in [7, 11) is -4.07. The number of hydrogen-bond acceptors (Lipinski definition) is 3. The van der Waals surface area contributed by atoms with E-state index in [1.54, 1.807) is 30.3 Å². The normalized spacial score (nSPS) is 11.2. The van der Waals surface area contributed by atoms with Gasteiger partial charge in [-0.2, -0.15) is 0 Å². The van der Waals surface area contributed by atoms with Gasteiger partial charge in [0.05, 0.1) is 10.6 Å². The molecule has 0 amide bonds. The Kier molecular flexibility index (Phi) is 5.06. The molecule has 0 saturated carbocycles. The maximum absolute atomic E-state index is 13.4. The lowest BCUT2D eigenvalue weighted by atomic mass is 10.0. The SMILES string of the molecule is O=C(c1ccccc1)c1cc(Cl)ccc1NS(=O)(=O)c1cccc(F)c1. The van der Waals surface area contributed by atoms with Gasteiger partial charge in [0.1, 0.15) is 5.82 Å². The lowest BCUT2D eigenvalue weighted by Gasteiger charge is -2.13. The molecule has 0 heterocycles. The largest absolute Gasteiger partial charge is 0.289 e. The number of sulfonamides is 1. The minimum atomic E-state index is -4.07. The summed E-state index contributed by atoms with van der Waals surface area (Å²) in [4.78, 5) is 12.5. The summed E-state index contributed by atoms with van der Waals surface area (Å²) in [6.07, 6.45) is 0. The van der Waals surface area contributed by atoms with Gasteiger partial charge in [0.2, 0.25) is 0 Å². The van der Waals surface area contributed by atoms with E-state index in [0.717, 1.165) is 12.1 Å². The molecule has 3 aromatic carbocycles. The van der Waals surface area contributed by atoms with Crippen LogP contribution in [0.25, 0.3) is 0 Å². The smallest absolute Gasteiger partial charge is 0.262 e. The molecule has 1 N–H and O–H groups in total. The fraction of sp³-hybridized carbons (Fsp3) is 0. The Morgan fingerprint density at radius 2 is 1.65 bits per heavy atom. The highest BCUT2D eigenvalue weighted by Gasteiger charge is 2.20. The summed E-state index contributed by atoms with van der Waals surface area (Å²) in [6.45, 7) is 0. The van der Waals surface area contributed by atoms with Crippen molar-refractivity contribution in [3.63, 3.8) is 0 Å². The van der Waals surface area contributed by atoms with Crippen LogP contribution < -0.4 is 4.72 Å². The predicted octanol–water partition coefficient (Wildman–Crippen LogP) is 4.51. The Morgan fingerprint density at radius 3 is 2.35 bits per heavy atom. The van der Waals surface area contributed by atoms with Gasteiger partial charge in [0, 0.05) is 16.1 Å². The molecule has 0 saturated heterocycles. The van der Waals surface area contributed by atoms with Gasteiger partial charge in [0.15, 0.2) is 5.78 Å². The van der Waals surface area contributed by atoms with Crippen LogP contribution in [0.5, 0.6) is 0 Å². The molecule has 0 spiro atoms. The Balaban J connectivity index is 2.02. The molecule has 0 fully saturated rings. The van der Waals surface area contributed by atoms with E-state index in [1.165, 1.54) is 30.3 Å². The second-order valence-electron chi connectivity index (χ2n) is 5.45. The summed E-state index contributed by atoms with van der Waals surface area (Å²) < 4.78 is 40.7. The molecular formula is C19H13ClFNO3S. The molecule has 0 radical (unpaired) electrons. The van der Waals surface area contributed by atoms with Crippen molar-refractivity contribution < 1.29 is 17.6 Å². The van der Waals surface area contributed by atoms with Crippen molar-refractivity contribution in [1.82, 2.24) is 0 Å². The van der Waals surface area contributed by atoms with Crippen LogP contribution in [0.15, 0.2) is 77.7 Å². The third kappa shape index (κ3) is 3.92. The van der Waals surface area contributed by atoms with Crippen molar-refractivity contribution in [2.75, 3.05) is 4.72 Å². The summed E-state index contributed by atoms with van der Waals surface area (Å²) in [5.74, 6) is -1.06. The Bertz CT molecular complexity index is 1070. The van der Waals surface area contributed by atoms with Gasteiger partial charge in [-0.15, -0.1) is 0 Å². The maximum Gasteiger partial charge on any atom is 0.262 e. The van der Waals surface area contributed by atoms with Gasteiger partial charge in [-0.05, 0) is 36.4 Å². The molecule has 3 aromatic rings. The molecule has 4 nitrogen and oxygen atoms in total. The summed E-state index contributed by atoms with van der Waals surface area (Å²) in [6, 6.07) is 17.3. The van der Waals surface area contributed by atoms with Crippen molar-refractivity contribution in [3.05, 3.63) is 94.8 Å². The summed E-state index contributed by atoms with van der Waals surface area (Å²) in [5, 5.41) is 0.290. The second-order valence-corrected chi connectivity index (χ2v) is 7.57. The first-order valence-electron chi connectivity index (χ1n) is 7.54. The van der Waals surface area contributed by atoms with Crippen LogP contribution in [-0.2, 0) is 10.0 Å². The topological polar surface area (TPSA) is 63.2 Å². The quantitative estimate of drug-likeness (QED) is 0.653. The van der Waals surface area contributed by atoms with E-state index in [4.69, 9.17) is 11.6 Å². The zero-order chi connectivity index (χ0) is 18.7. The average Bonchev–Trinajstić information content (AvgIpc) is 2.63. The van der Waals surface area contributed by atoms with Crippen LogP contribution in [0.3, 0.4) is 0 Å². The highest BCUT2D eigenvalue weighted by Crippen LogP contribution is 2.26. The van der Waals surface area contributed by atoms with E-state index in [0.29, 0.717) is 5.56 Å². The number of carbonyl (C=O) groups excluding carboxylic acids is 1. The Morgan fingerprint density at radius 1 is 0.923 bits per heavy atom. The maximum atomic E-state index is 13.4. The molecule has 132 valence electrons. The standard InChI is InChI=1S/C19H13ClFNO3S/c20-14-9-10-18(17(11-14)19(23)13-5-2-1-3-6-13)22-26(24,25)16-8-4-7-15(21)12-16/h1-12,22H. The molecule has 0 atom stereocenters. The fourth-order valence-corrected chi connectivity index (χ4v) is 3.66. The number of carbonyl (C=O) groups is 1. The third-order valence-electron chi connectivity index (χ3n) is 3.61. The van der Waals surface area contributed by atoms with Gasteiger partial charge < -0.3 is 0 Å². The number of nitrogens with one attached hydrogen (secondary N) is 1. The fourth-order valence-electron chi connectivity index (χ4n) is 2.38. The lowest BCUT2D eigenvalue weighted by molar-refractivity contribution is 0.103. The second kappa shape index (κ2) is 7.27. The minimum Gasteiger partial charge on any atom is -0.289 e. The van der Waals surface area contributed by atoms with Crippen LogP contribution in [0, 0.1) is 5.82 Å². The number of ketones is 1. The number of rotatable bonds is 5. The molecule has 0 unspecified atom stereocenters. The van der Waals surface area contributed by atoms with Gasteiger partial charge in [-0.25, -0.2) is 12.8 Å². The van der Waals surface area contributed by atoms with E-state index in [-0.39, 0.29) is 27.0 Å². The number of benzene rings is 3. The third-order valence-corrected chi connectivity index (χ3v) is 5.21. The average molecular weight is 390 g/mol. The molecule has 0 aliphatic rings. The first-order chi connectivity index (χ1) is 12.4. The van der Waals surface area contributed by atoms with E-state index < -0.39 is 15.8 Å². The van der Waals surface area contributed by atoms with E-state index in [1.807, 2.05) is 0 Å². The first kappa shape index (κ1) is 18.1. The molecule has 7 heteroatoms. The van der Waals surface area contributed by atoms with E-state index >= 15 is 0 Å². The van der Waals surface area contributed by atoms with Gasteiger partial charge in [0.25, 0.3) is 10.0 Å². The van der Waals surface area contributed by atoms with E-state index in [2.05, 4.69) is 4.72 Å². The highest BCUT2D eigenvalue weighted by atomic mass is 35.5. The molecule has 0 bridgehead atoms. The monoisotopic (exact) mass is 389 g/mol. The van der Waals surface area contributed by atoms with Crippen LogP contribution in [-0.4, -0.2) is 14.2 Å². The summed E-state index contributed by atoms with van der Waals surface area (Å²) in [5.41, 5.74) is 0.553. The zero-order valence-corrected chi connectivity index (χ0v) is 14.9. The Labute approximate surface area is 155 Å². The molecular weight excluding hydrogens is 377 g/mol. The number of halogens is 2. The molecule has 0 aliphatic heterocycles. The van der Waals surface area contributed by atoms with Crippen LogP contribution >= 0.6 is 11.6 Å². The predicted molar refractivity (Wildman–Crippen MR) is 98.5 cm³/mol. The van der Waals surface area contributed by atoms with Crippen LogP contribution in [0.4, 0.5) is 10.1 Å². The molecule has 0 aromatic heterocycles. The number of hydrogen-bond donors (Lipinski definition) is 1. The summed E-state index contributed by atoms with van der Waals surface area (Å²) >= 11 is 5.98. The number of anilines is 1. The minimum absolute atomic E-state index is 0.0625. The lowest BCUT2D eigenvalue weighted by Crippen LogP contribution is -2.16. The first-order valence-corrected chi connectivity index (χ1v) is 9.40. The highest BCUT2D eigenvalue weighted by molar-refractivity contribution is 7.92. The van der Waals surface area contributed by atoms with Gasteiger partial charge in [-0.3, -0.25) is 9.52 Å².